The number of nitrogens with one attached hydrogen (secondary N) is 1. The third-order valence-electron chi connectivity index (χ3n) is 8.18. The highest BCUT2D eigenvalue weighted by molar-refractivity contribution is 7.90. The normalized spacial score (nSPS) is 17.1. The van der Waals surface area contributed by atoms with E-state index in [-0.39, 0.29) is 36.5 Å². The zero-order chi connectivity index (χ0) is 28.4. The van der Waals surface area contributed by atoms with E-state index in [2.05, 4.69) is 34.0 Å². The third-order valence-corrected chi connectivity index (χ3v) is 9.78. The Morgan fingerprint density at radius 3 is 2.30 bits per heavy atom. The summed E-state index contributed by atoms with van der Waals surface area (Å²) in [6.45, 7) is 10.1. The SMILES string of the molecule is Cc1c(C)c(S(=O)(=O)NC2=NCCN2C(=O)OCC2c3ccccc3-c3ccccc32)c(C)c2c1OC(C)(C)C2. The van der Waals surface area contributed by atoms with Crippen molar-refractivity contribution in [2.24, 2.45) is 4.99 Å². The summed E-state index contributed by atoms with van der Waals surface area (Å²) in [6, 6.07) is 16.2. The van der Waals surface area contributed by atoms with E-state index < -0.39 is 21.7 Å². The van der Waals surface area contributed by atoms with Gasteiger partial charge in [-0.15, -0.1) is 0 Å². The van der Waals surface area contributed by atoms with Crippen LogP contribution in [-0.2, 0) is 21.2 Å². The van der Waals surface area contributed by atoms with Crippen LogP contribution in [0.15, 0.2) is 58.4 Å². The second kappa shape index (κ2) is 9.37. The van der Waals surface area contributed by atoms with Crippen LogP contribution in [0.5, 0.6) is 5.75 Å². The number of nitrogens with zero attached hydrogens (tertiary/aromatic N) is 2. The first kappa shape index (κ1) is 26.4. The number of hydrogen-bond donors (Lipinski definition) is 1. The number of amides is 1. The molecule has 1 aliphatic carbocycles. The molecule has 0 fully saturated rings. The van der Waals surface area contributed by atoms with Crippen LogP contribution in [-0.4, -0.2) is 50.7 Å². The van der Waals surface area contributed by atoms with E-state index >= 15 is 0 Å². The molecule has 2 heterocycles. The van der Waals surface area contributed by atoms with Crippen LogP contribution in [0.4, 0.5) is 4.79 Å². The summed E-state index contributed by atoms with van der Waals surface area (Å²) in [5.74, 6) is 0.644. The monoisotopic (exact) mass is 559 g/mol. The maximum absolute atomic E-state index is 13.7. The van der Waals surface area contributed by atoms with E-state index in [0.29, 0.717) is 17.5 Å². The van der Waals surface area contributed by atoms with Gasteiger partial charge in [0.1, 0.15) is 18.0 Å². The molecule has 9 heteroatoms. The fourth-order valence-electron chi connectivity index (χ4n) is 6.20. The summed E-state index contributed by atoms with van der Waals surface area (Å²) < 4.78 is 42.0. The number of fused-ring (bicyclic) bond motifs is 4. The van der Waals surface area contributed by atoms with Crippen molar-refractivity contribution < 1.29 is 22.7 Å². The van der Waals surface area contributed by atoms with Gasteiger partial charge >= 0.3 is 6.09 Å². The van der Waals surface area contributed by atoms with Crippen LogP contribution < -0.4 is 9.46 Å². The van der Waals surface area contributed by atoms with Crippen molar-refractivity contribution >= 4 is 22.1 Å². The minimum Gasteiger partial charge on any atom is -0.487 e. The zero-order valence-electron chi connectivity index (χ0n) is 23.4. The van der Waals surface area contributed by atoms with E-state index in [1.807, 2.05) is 52.0 Å². The molecule has 40 heavy (non-hydrogen) atoms. The first-order chi connectivity index (χ1) is 19.0. The number of carbonyl (C=O) groups excluding carboxylic acids is 1. The first-order valence-electron chi connectivity index (χ1n) is 13.5. The number of benzene rings is 3. The Morgan fingerprint density at radius 2 is 1.65 bits per heavy atom. The molecule has 1 amide bonds. The van der Waals surface area contributed by atoms with Gasteiger partial charge in [0.15, 0.2) is 0 Å². The van der Waals surface area contributed by atoms with Crippen molar-refractivity contribution in [3.05, 3.63) is 81.9 Å². The Morgan fingerprint density at radius 1 is 1.02 bits per heavy atom. The summed E-state index contributed by atoms with van der Waals surface area (Å²) in [7, 11) is -4.05. The molecule has 8 nitrogen and oxygen atoms in total. The minimum absolute atomic E-state index is 0.0225. The predicted molar refractivity (Wildman–Crippen MR) is 153 cm³/mol. The topological polar surface area (TPSA) is 97.3 Å². The number of aliphatic imine (C=N–C) groups is 1. The molecule has 3 aliphatic rings. The van der Waals surface area contributed by atoms with E-state index in [9.17, 15) is 13.2 Å². The Balaban J connectivity index is 1.21. The Hall–Kier alpha value is -3.85. The van der Waals surface area contributed by atoms with Crippen molar-refractivity contribution in [1.82, 2.24) is 9.62 Å². The lowest BCUT2D eigenvalue weighted by atomic mass is 9.94. The summed E-state index contributed by atoms with van der Waals surface area (Å²) in [4.78, 5) is 19.0. The van der Waals surface area contributed by atoms with Crippen LogP contribution in [0.3, 0.4) is 0 Å². The quantitative estimate of drug-likeness (QED) is 0.473. The molecule has 0 spiro atoms. The molecule has 0 unspecified atom stereocenters. The van der Waals surface area contributed by atoms with Gasteiger partial charge < -0.3 is 9.47 Å². The molecule has 0 saturated heterocycles. The largest absolute Gasteiger partial charge is 0.487 e. The van der Waals surface area contributed by atoms with Gasteiger partial charge in [-0.3, -0.25) is 0 Å². The van der Waals surface area contributed by atoms with Gasteiger partial charge in [-0.2, -0.15) is 0 Å². The lowest BCUT2D eigenvalue weighted by Crippen LogP contribution is -2.45. The van der Waals surface area contributed by atoms with Crippen LogP contribution in [0.25, 0.3) is 11.1 Å². The second-order valence-corrected chi connectivity index (χ2v) is 12.9. The summed E-state index contributed by atoms with van der Waals surface area (Å²) in [5.41, 5.74) is 7.06. The Kier molecular flexibility index (Phi) is 6.18. The third kappa shape index (κ3) is 4.23. The molecular formula is C31H33N3O5S. The van der Waals surface area contributed by atoms with Gasteiger partial charge in [0, 0.05) is 17.9 Å². The molecule has 2 aliphatic heterocycles. The van der Waals surface area contributed by atoms with E-state index in [1.165, 1.54) is 4.90 Å². The smallest absolute Gasteiger partial charge is 0.416 e. The Labute approximate surface area is 235 Å². The number of ether oxygens (including phenoxy) is 2. The molecule has 0 radical (unpaired) electrons. The predicted octanol–water partition coefficient (Wildman–Crippen LogP) is 5.22. The number of sulfonamides is 1. The number of hydrogen-bond acceptors (Lipinski definition) is 6. The standard InChI is InChI=1S/C31H33N3O5S/c1-18-19(2)28(20(3)25-16-31(4,5)39-27(18)25)40(36,37)33-29-32-14-15-34(29)30(35)38-17-26-23-12-8-6-10-21(23)22-11-7-9-13-24(22)26/h6-13,26H,14-17H2,1-5H3,(H,32,33). The number of carbonyl (C=O) groups is 1. The van der Waals surface area contributed by atoms with Crippen molar-refractivity contribution in [1.29, 1.82) is 0 Å². The van der Waals surface area contributed by atoms with Crippen LogP contribution in [0, 0.1) is 20.8 Å². The average molecular weight is 560 g/mol. The van der Waals surface area contributed by atoms with Crippen LogP contribution in [0.2, 0.25) is 0 Å². The maximum Gasteiger partial charge on any atom is 0.416 e. The van der Waals surface area contributed by atoms with Crippen LogP contribution in [0.1, 0.15) is 53.1 Å². The molecule has 0 saturated carbocycles. The molecule has 0 bridgehead atoms. The Bertz CT molecular complexity index is 1650. The summed E-state index contributed by atoms with van der Waals surface area (Å²) >= 11 is 0. The van der Waals surface area contributed by atoms with E-state index in [0.717, 1.165) is 39.1 Å². The van der Waals surface area contributed by atoms with Crippen molar-refractivity contribution in [3.63, 3.8) is 0 Å². The van der Waals surface area contributed by atoms with Gasteiger partial charge in [-0.25, -0.2) is 27.8 Å². The number of guanidine groups is 1. The molecule has 6 rings (SSSR count). The average Bonchev–Trinajstić information content (AvgIpc) is 3.59. The molecule has 208 valence electrons. The van der Waals surface area contributed by atoms with Crippen molar-refractivity contribution in [2.75, 3.05) is 19.7 Å². The van der Waals surface area contributed by atoms with Crippen molar-refractivity contribution in [3.8, 4) is 16.9 Å². The minimum atomic E-state index is -4.05. The molecular weight excluding hydrogens is 526 g/mol. The molecule has 3 aromatic rings. The zero-order valence-corrected chi connectivity index (χ0v) is 24.2. The molecule has 1 N–H and O–H groups in total. The van der Waals surface area contributed by atoms with Gasteiger partial charge in [-0.05, 0) is 73.6 Å². The summed E-state index contributed by atoms with van der Waals surface area (Å²) in [6.07, 6.45) is -0.0144. The van der Waals surface area contributed by atoms with Gasteiger partial charge in [0.05, 0.1) is 18.0 Å². The van der Waals surface area contributed by atoms with Gasteiger partial charge in [-0.1, -0.05) is 48.5 Å². The van der Waals surface area contributed by atoms with Gasteiger partial charge in [0.25, 0.3) is 10.0 Å². The first-order valence-corrected chi connectivity index (χ1v) is 15.0. The fourth-order valence-corrected chi connectivity index (χ4v) is 7.80. The second-order valence-electron chi connectivity index (χ2n) is 11.3. The highest BCUT2D eigenvalue weighted by atomic mass is 32.2. The molecule has 3 aromatic carbocycles. The molecule has 0 atom stereocenters. The fraction of sp³-hybridized carbons (Fsp3) is 0.355. The summed E-state index contributed by atoms with van der Waals surface area (Å²) in [5, 5.41) is 0. The van der Waals surface area contributed by atoms with Gasteiger partial charge in [0.2, 0.25) is 5.96 Å². The van der Waals surface area contributed by atoms with E-state index in [4.69, 9.17) is 9.47 Å². The van der Waals surface area contributed by atoms with E-state index in [1.54, 1.807) is 6.92 Å². The lowest BCUT2D eigenvalue weighted by Gasteiger charge is -2.22. The van der Waals surface area contributed by atoms with Crippen molar-refractivity contribution in [2.45, 2.75) is 57.5 Å². The number of rotatable bonds is 4. The maximum atomic E-state index is 13.7. The lowest BCUT2D eigenvalue weighted by molar-refractivity contribution is 0.121. The highest BCUT2D eigenvalue weighted by Crippen LogP contribution is 2.45. The van der Waals surface area contributed by atoms with Crippen LogP contribution >= 0.6 is 0 Å². The highest BCUT2D eigenvalue weighted by Gasteiger charge is 2.38. The molecule has 0 aromatic heterocycles.